The van der Waals surface area contributed by atoms with Crippen molar-refractivity contribution in [3.05, 3.63) is 35.4 Å². The van der Waals surface area contributed by atoms with Crippen LogP contribution < -0.4 is 0 Å². The first-order chi connectivity index (χ1) is 6.68. The zero-order valence-corrected chi connectivity index (χ0v) is 7.58. The summed E-state index contributed by atoms with van der Waals surface area (Å²) >= 11 is 0. The summed E-state index contributed by atoms with van der Waals surface area (Å²) in [6.07, 6.45) is 0.664. The predicted octanol–water partition coefficient (Wildman–Crippen LogP) is 2.14. The van der Waals surface area contributed by atoms with E-state index in [-0.39, 0.29) is 5.92 Å². The Morgan fingerprint density at radius 2 is 2.14 bits per heavy atom. The van der Waals surface area contributed by atoms with Crippen LogP contribution in [-0.4, -0.2) is 23.4 Å². The summed E-state index contributed by atoms with van der Waals surface area (Å²) in [7, 11) is 0. The molecule has 0 amide bonds. The highest BCUT2D eigenvalue weighted by Gasteiger charge is 2.25. The lowest BCUT2D eigenvalue weighted by molar-refractivity contribution is -0.0692. The molecule has 2 rings (SSSR count). The van der Waals surface area contributed by atoms with E-state index in [2.05, 4.69) is 0 Å². The van der Waals surface area contributed by atoms with E-state index >= 15 is 0 Å². The van der Waals surface area contributed by atoms with Gasteiger partial charge in [0.05, 0.1) is 0 Å². The molecular formula is C10H11F2NO. The maximum absolute atomic E-state index is 13.3. The van der Waals surface area contributed by atoms with E-state index in [4.69, 9.17) is 5.21 Å². The van der Waals surface area contributed by atoms with Gasteiger partial charge in [0.15, 0.2) is 11.6 Å². The molecule has 0 aliphatic carbocycles. The first kappa shape index (κ1) is 9.55. The van der Waals surface area contributed by atoms with E-state index < -0.39 is 11.6 Å². The zero-order valence-electron chi connectivity index (χ0n) is 7.58. The predicted molar refractivity (Wildman–Crippen MR) is 47.1 cm³/mol. The minimum atomic E-state index is -0.820. The average molecular weight is 199 g/mol. The first-order valence-electron chi connectivity index (χ1n) is 4.56. The number of rotatable bonds is 1. The van der Waals surface area contributed by atoms with Crippen molar-refractivity contribution in [1.82, 2.24) is 5.06 Å². The number of halogens is 2. The molecule has 1 aromatic carbocycles. The van der Waals surface area contributed by atoms with Crippen LogP contribution in [0.15, 0.2) is 18.2 Å². The summed E-state index contributed by atoms with van der Waals surface area (Å²) in [6.45, 7) is 0.890. The minimum absolute atomic E-state index is 0.101. The lowest BCUT2D eigenvalue weighted by atomic mass is 9.98. The molecule has 1 N–H and O–H groups in total. The second-order valence-corrected chi connectivity index (χ2v) is 3.54. The van der Waals surface area contributed by atoms with E-state index in [9.17, 15) is 8.78 Å². The average Bonchev–Trinajstić information content (AvgIpc) is 2.57. The molecule has 14 heavy (non-hydrogen) atoms. The molecule has 0 radical (unpaired) electrons. The van der Waals surface area contributed by atoms with Crippen LogP contribution in [-0.2, 0) is 0 Å². The van der Waals surface area contributed by atoms with Crippen molar-refractivity contribution in [2.45, 2.75) is 12.3 Å². The zero-order chi connectivity index (χ0) is 10.1. The summed E-state index contributed by atoms with van der Waals surface area (Å²) in [6, 6.07) is 4.17. The van der Waals surface area contributed by atoms with Crippen LogP contribution in [0.3, 0.4) is 0 Å². The third-order valence-electron chi connectivity index (χ3n) is 2.59. The number of hydrogen-bond donors (Lipinski definition) is 1. The highest BCUT2D eigenvalue weighted by atomic mass is 19.2. The fourth-order valence-electron chi connectivity index (χ4n) is 1.83. The number of nitrogens with zero attached hydrogens (tertiary/aromatic N) is 1. The molecule has 2 nitrogen and oxygen atoms in total. The highest BCUT2D eigenvalue weighted by molar-refractivity contribution is 5.24. The summed E-state index contributed by atoms with van der Waals surface area (Å²) < 4.78 is 26.2. The van der Waals surface area contributed by atoms with Gasteiger partial charge in [-0.25, -0.2) is 8.78 Å². The second kappa shape index (κ2) is 3.63. The van der Waals surface area contributed by atoms with Crippen molar-refractivity contribution in [3.63, 3.8) is 0 Å². The van der Waals surface area contributed by atoms with Gasteiger partial charge in [-0.1, -0.05) is 12.1 Å². The van der Waals surface area contributed by atoms with E-state index in [1.54, 1.807) is 6.07 Å². The Kier molecular flexibility index (Phi) is 2.48. The van der Waals surface area contributed by atoms with Crippen LogP contribution in [0.1, 0.15) is 17.9 Å². The molecule has 1 atom stereocenters. The molecule has 1 saturated heterocycles. The molecule has 0 spiro atoms. The maximum atomic E-state index is 13.3. The molecule has 76 valence electrons. The van der Waals surface area contributed by atoms with Crippen molar-refractivity contribution in [2.24, 2.45) is 0 Å². The van der Waals surface area contributed by atoms with Crippen LogP contribution in [0.5, 0.6) is 0 Å². The minimum Gasteiger partial charge on any atom is -0.314 e. The summed E-state index contributed by atoms with van der Waals surface area (Å²) in [5.74, 6) is -1.71. The van der Waals surface area contributed by atoms with Gasteiger partial charge in [-0.15, -0.1) is 0 Å². The molecule has 0 bridgehead atoms. The maximum Gasteiger partial charge on any atom is 0.162 e. The first-order valence-corrected chi connectivity index (χ1v) is 4.56. The van der Waals surface area contributed by atoms with Crippen molar-refractivity contribution >= 4 is 0 Å². The summed E-state index contributed by atoms with van der Waals surface area (Å²) in [5.41, 5.74) is 0.363. The van der Waals surface area contributed by atoms with Gasteiger partial charge >= 0.3 is 0 Å². The molecule has 0 aromatic heterocycles. The fraction of sp³-hybridized carbons (Fsp3) is 0.400. The van der Waals surface area contributed by atoms with Crippen LogP contribution in [0.4, 0.5) is 8.78 Å². The normalized spacial score (nSPS) is 22.9. The Bertz CT molecular complexity index is 343. The largest absolute Gasteiger partial charge is 0.314 e. The van der Waals surface area contributed by atoms with Gasteiger partial charge in [0.2, 0.25) is 0 Å². The summed E-state index contributed by atoms with van der Waals surface area (Å²) in [5, 5.41) is 10.3. The standard InChI is InChI=1S/C10H11F2NO/c11-9-3-1-2-8(10(9)12)7-4-5-13(14)6-7/h1-3,7,14H,4-6H2. The van der Waals surface area contributed by atoms with Crippen molar-refractivity contribution < 1.29 is 14.0 Å². The third-order valence-corrected chi connectivity index (χ3v) is 2.59. The summed E-state index contributed by atoms with van der Waals surface area (Å²) in [4.78, 5) is 0. The molecule has 1 aliphatic heterocycles. The second-order valence-electron chi connectivity index (χ2n) is 3.54. The Morgan fingerprint density at radius 3 is 2.79 bits per heavy atom. The molecule has 1 aromatic rings. The van der Waals surface area contributed by atoms with E-state index in [1.807, 2.05) is 0 Å². The van der Waals surface area contributed by atoms with Gasteiger partial charge in [-0.2, -0.15) is 5.06 Å². The van der Waals surface area contributed by atoms with E-state index in [0.717, 1.165) is 11.1 Å². The Hall–Kier alpha value is -1.00. The number of benzene rings is 1. The van der Waals surface area contributed by atoms with Crippen LogP contribution in [0, 0.1) is 11.6 Å². The van der Waals surface area contributed by atoms with E-state index in [0.29, 0.717) is 25.1 Å². The monoisotopic (exact) mass is 199 g/mol. The SMILES string of the molecule is ON1CCC(c2cccc(F)c2F)C1. The van der Waals surface area contributed by atoms with Gasteiger partial charge in [-0.3, -0.25) is 0 Å². The Balaban J connectivity index is 2.28. The molecule has 1 unspecified atom stereocenters. The number of hydroxylamine groups is 2. The van der Waals surface area contributed by atoms with Gasteiger partial charge < -0.3 is 5.21 Å². The van der Waals surface area contributed by atoms with Gasteiger partial charge in [0, 0.05) is 19.0 Å². The van der Waals surface area contributed by atoms with Crippen LogP contribution in [0.25, 0.3) is 0 Å². The molecule has 0 saturated carbocycles. The molecule has 1 aliphatic rings. The molecule has 4 heteroatoms. The Morgan fingerprint density at radius 1 is 1.36 bits per heavy atom. The molecule has 1 heterocycles. The molecular weight excluding hydrogens is 188 g/mol. The van der Waals surface area contributed by atoms with Crippen LogP contribution in [0.2, 0.25) is 0 Å². The smallest absolute Gasteiger partial charge is 0.162 e. The molecule has 1 fully saturated rings. The lowest BCUT2D eigenvalue weighted by Crippen LogP contribution is -2.14. The van der Waals surface area contributed by atoms with Crippen molar-refractivity contribution in [1.29, 1.82) is 0 Å². The van der Waals surface area contributed by atoms with Crippen molar-refractivity contribution in [3.8, 4) is 0 Å². The van der Waals surface area contributed by atoms with Gasteiger partial charge in [0.1, 0.15) is 0 Å². The third kappa shape index (κ3) is 1.63. The lowest BCUT2D eigenvalue weighted by Gasteiger charge is -2.10. The van der Waals surface area contributed by atoms with Gasteiger partial charge in [0.25, 0.3) is 0 Å². The highest BCUT2D eigenvalue weighted by Crippen LogP contribution is 2.28. The van der Waals surface area contributed by atoms with E-state index in [1.165, 1.54) is 6.07 Å². The quantitative estimate of drug-likeness (QED) is 0.749. The van der Waals surface area contributed by atoms with Gasteiger partial charge in [-0.05, 0) is 18.1 Å². The van der Waals surface area contributed by atoms with Crippen molar-refractivity contribution in [2.75, 3.05) is 13.1 Å². The topological polar surface area (TPSA) is 23.5 Å². The Labute approximate surface area is 80.7 Å². The fourth-order valence-corrected chi connectivity index (χ4v) is 1.83. The number of hydrogen-bond acceptors (Lipinski definition) is 2. The van der Waals surface area contributed by atoms with Crippen LogP contribution >= 0.6 is 0 Å².